The van der Waals surface area contributed by atoms with Crippen molar-refractivity contribution < 1.29 is 42.8 Å². The number of fused-ring (bicyclic) bond motifs is 7. The molecule has 3 fully saturated rings. The second-order valence-electron chi connectivity index (χ2n) is 11.1. The molecule has 5 aromatic rings. The first kappa shape index (κ1) is 30.5. The van der Waals surface area contributed by atoms with E-state index in [0.717, 1.165) is 0 Å². The van der Waals surface area contributed by atoms with E-state index >= 15 is 0 Å². The minimum Gasteiger partial charge on any atom is -0.492 e. The second-order valence-corrected chi connectivity index (χ2v) is 16.7. The van der Waals surface area contributed by atoms with Gasteiger partial charge in [0.05, 0.1) is 32.5 Å². The summed E-state index contributed by atoms with van der Waals surface area (Å²) in [6.45, 7) is -8.27. The van der Waals surface area contributed by atoms with Crippen molar-refractivity contribution >= 4 is 71.0 Å². The number of ether oxygens (including phenoxy) is 1. The zero-order valence-corrected chi connectivity index (χ0v) is 26.8. The molecule has 2 aliphatic heterocycles. The highest BCUT2D eigenvalue weighted by Gasteiger charge is 2.50. The molecule has 2 bridgehead atoms. The van der Waals surface area contributed by atoms with E-state index in [1.54, 1.807) is 16.9 Å². The van der Waals surface area contributed by atoms with Crippen LogP contribution < -0.4 is 5.73 Å². The molecule has 46 heavy (non-hydrogen) atoms. The Balaban J connectivity index is 1.11. The Hall–Kier alpha value is -2.78. The molecule has 8 rings (SSSR count). The van der Waals surface area contributed by atoms with Gasteiger partial charge in [-0.1, -0.05) is 0 Å². The molecule has 1 saturated carbocycles. The van der Waals surface area contributed by atoms with Gasteiger partial charge < -0.3 is 48.6 Å². The lowest BCUT2D eigenvalue weighted by Gasteiger charge is -2.45. The summed E-state index contributed by atoms with van der Waals surface area (Å²) >= 11 is 10.7. The third-order valence-electron chi connectivity index (χ3n) is 8.55. The van der Waals surface area contributed by atoms with Crippen LogP contribution in [0.1, 0.15) is 18.7 Å². The number of aliphatic hydroxyl groups is 1. The number of aliphatic hydroxyl groups excluding tert-OH is 1. The number of nitrogens with two attached hydrogens (primary N) is 1. The molecule has 0 radical (unpaired) electrons. The molecule has 3 aliphatic rings. The van der Waals surface area contributed by atoms with E-state index in [1.165, 1.54) is 23.4 Å². The van der Waals surface area contributed by atoms with Crippen LogP contribution in [0.15, 0.2) is 31.4 Å². The van der Waals surface area contributed by atoms with Crippen LogP contribution >= 0.6 is 13.4 Å². The number of hydrogen-bond donors (Lipinski definition) is 5. The predicted molar refractivity (Wildman–Crippen MR) is 164 cm³/mol. The minimum atomic E-state index is -4.00. The maximum absolute atomic E-state index is 11.3. The molecule has 0 amide bonds. The second kappa shape index (κ2) is 11.1. The monoisotopic (exact) mass is 712 g/mol. The van der Waals surface area contributed by atoms with Crippen LogP contribution in [0.5, 0.6) is 5.88 Å². The van der Waals surface area contributed by atoms with Gasteiger partial charge >= 0.3 is 13.4 Å². The van der Waals surface area contributed by atoms with Crippen LogP contribution in [-0.2, 0) is 46.4 Å². The third kappa shape index (κ3) is 5.11. The van der Waals surface area contributed by atoms with Gasteiger partial charge in [-0.05, 0) is 36.0 Å². The van der Waals surface area contributed by atoms with E-state index < -0.39 is 38.0 Å². The maximum Gasteiger partial charge on any atom is 0.325 e. The Morgan fingerprint density at radius 1 is 0.935 bits per heavy atom. The summed E-state index contributed by atoms with van der Waals surface area (Å²) in [5.74, 6) is -0.446. The predicted octanol–water partition coefficient (Wildman–Crippen LogP) is 0.524. The van der Waals surface area contributed by atoms with Crippen molar-refractivity contribution in [2.24, 2.45) is 11.8 Å². The van der Waals surface area contributed by atoms with Crippen LogP contribution in [0, 0.1) is 11.8 Å². The van der Waals surface area contributed by atoms with Crippen LogP contribution in [0.25, 0.3) is 28.1 Å². The summed E-state index contributed by atoms with van der Waals surface area (Å²) in [6, 6.07) is -0.195. The number of rotatable bonds is 2. The lowest BCUT2D eigenvalue weighted by molar-refractivity contribution is -0.0480. The summed E-state index contributed by atoms with van der Waals surface area (Å²) in [7, 11) is 0. The molecule has 3 unspecified atom stereocenters. The number of aromatic hydroxyl groups is 1. The third-order valence-corrected chi connectivity index (χ3v) is 11.7. The molecule has 2 saturated heterocycles. The van der Waals surface area contributed by atoms with E-state index in [-0.39, 0.29) is 60.7 Å². The van der Waals surface area contributed by atoms with Gasteiger partial charge in [-0.15, -0.1) is 0 Å². The number of aromatic nitrogens is 9. The van der Waals surface area contributed by atoms with Crippen LogP contribution in [0.2, 0.25) is 0 Å². The van der Waals surface area contributed by atoms with E-state index in [0.29, 0.717) is 23.2 Å². The van der Waals surface area contributed by atoms with Gasteiger partial charge in [0.2, 0.25) is 11.7 Å². The number of anilines is 1. The van der Waals surface area contributed by atoms with Crippen molar-refractivity contribution in [2.45, 2.75) is 37.0 Å². The average molecular weight is 713 g/mol. The van der Waals surface area contributed by atoms with Gasteiger partial charge in [0.25, 0.3) is 0 Å². The lowest BCUT2D eigenvalue weighted by Crippen LogP contribution is -2.43. The van der Waals surface area contributed by atoms with Crippen LogP contribution in [0.3, 0.4) is 0 Å². The highest BCUT2D eigenvalue weighted by Crippen LogP contribution is 2.55. The average Bonchev–Trinajstić information content (AvgIpc) is 3.78. The molecule has 6 N–H and O–H groups in total. The summed E-state index contributed by atoms with van der Waals surface area (Å²) in [4.78, 5) is 47.3. The Kier molecular flexibility index (Phi) is 7.40. The Bertz CT molecular complexity index is 2080. The highest BCUT2D eigenvalue weighted by molar-refractivity contribution is 8.07. The smallest absolute Gasteiger partial charge is 0.325 e. The van der Waals surface area contributed by atoms with E-state index in [4.69, 9.17) is 52.2 Å². The molecule has 244 valence electrons. The maximum atomic E-state index is 11.3. The minimum absolute atomic E-state index is 0.0271. The number of imidazole rings is 3. The quantitative estimate of drug-likeness (QED) is 0.157. The Labute approximate surface area is 268 Å². The van der Waals surface area contributed by atoms with Gasteiger partial charge in [0, 0.05) is 24.4 Å². The van der Waals surface area contributed by atoms with Gasteiger partial charge in [0.15, 0.2) is 28.9 Å². The van der Waals surface area contributed by atoms with Crippen LogP contribution in [0.4, 0.5) is 5.82 Å². The van der Waals surface area contributed by atoms with E-state index in [2.05, 4.69) is 29.9 Å². The Morgan fingerprint density at radius 3 is 2.54 bits per heavy atom. The summed E-state index contributed by atoms with van der Waals surface area (Å²) in [5, 5.41) is 21.8. The topological polar surface area (TPSA) is 245 Å². The fourth-order valence-electron chi connectivity index (χ4n) is 6.23. The normalized spacial score (nSPS) is 35.7. The fourth-order valence-corrected chi connectivity index (χ4v) is 8.82. The van der Waals surface area contributed by atoms with Crippen LogP contribution in [-0.4, -0.2) is 102 Å². The van der Waals surface area contributed by atoms with Gasteiger partial charge in [-0.2, -0.15) is 4.98 Å². The molecule has 0 aromatic carbocycles. The van der Waals surface area contributed by atoms with Gasteiger partial charge in [-0.3, -0.25) is 13.5 Å². The van der Waals surface area contributed by atoms with Crippen molar-refractivity contribution in [1.82, 2.24) is 43.4 Å². The first-order valence-corrected chi connectivity index (χ1v) is 19.1. The number of hydrogen-bond acceptors (Lipinski definition) is 16. The zero-order valence-electron chi connectivity index (χ0n) is 23.4. The molecule has 9 atom stereocenters. The lowest BCUT2D eigenvalue weighted by atomic mass is 9.70. The fraction of sp³-hybridized carbons (Fsp3) is 0.478. The molecule has 5 aromatic heterocycles. The zero-order chi connectivity index (χ0) is 32.0. The molecule has 1 aliphatic carbocycles. The molecule has 23 heteroatoms. The molecule has 19 nitrogen and oxygen atoms in total. The molecular weight excluding hydrogens is 686 g/mol. The van der Waals surface area contributed by atoms with Crippen molar-refractivity contribution in [2.75, 3.05) is 25.6 Å². The standard InChI is InChI=1S/C23H26N10O9P2S2/c24-18-14-19(27-7-26-18)32(8-28-14)12-3-10-4-38-44(37,46)42-17-16(34)13(6-40-43(36,45)39-5-11(10)12)41-22(17)33-9-29-15-20(35)30-23-25-1-2-31(23)21(15)33/h1-2,7-13,16-17,22,34H,3-6H2,(H,36,45)(H,37,46)(H2,24,26,27)(H,25,30,35)/t10?,11-,12-,13-,16-,17-,22-,43?,44?/m1/s1. The summed E-state index contributed by atoms with van der Waals surface area (Å²) in [5.41, 5.74) is 7.39. The molecular formula is C23H26N10O9P2S2. The van der Waals surface area contributed by atoms with Gasteiger partial charge in [-0.25, -0.2) is 24.9 Å². The van der Waals surface area contributed by atoms with Crippen molar-refractivity contribution in [3.63, 3.8) is 0 Å². The molecule has 7 heterocycles. The Morgan fingerprint density at radius 2 is 1.70 bits per heavy atom. The molecule has 0 spiro atoms. The highest BCUT2D eigenvalue weighted by atomic mass is 32.5. The van der Waals surface area contributed by atoms with Crippen molar-refractivity contribution in [1.29, 1.82) is 0 Å². The van der Waals surface area contributed by atoms with E-state index in [1.807, 2.05) is 4.57 Å². The largest absolute Gasteiger partial charge is 0.492 e. The summed E-state index contributed by atoms with van der Waals surface area (Å²) < 4.78 is 34.2. The van der Waals surface area contributed by atoms with Gasteiger partial charge in [0.1, 0.15) is 30.2 Å². The van der Waals surface area contributed by atoms with Crippen molar-refractivity contribution in [3.05, 3.63) is 31.4 Å². The van der Waals surface area contributed by atoms with Crippen molar-refractivity contribution in [3.8, 4) is 5.88 Å². The SMILES string of the molecule is Nc1ncnc2c1ncn2[C@@H]1CC2COP(O)(=S)O[C@@H]3[C@H](O)[C@@H](COP(O)(=S)OC[C@H]21)O[C@H]3n1cnc2c(O)nc3nccn3c21. The first-order valence-electron chi connectivity index (χ1n) is 13.9. The first-order chi connectivity index (χ1) is 22.0. The van der Waals surface area contributed by atoms with E-state index in [9.17, 15) is 20.0 Å². The summed E-state index contributed by atoms with van der Waals surface area (Å²) in [6.07, 6.45) is 2.94. The number of nitrogens with zero attached hydrogens (tertiary/aromatic N) is 9. The number of nitrogen functional groups attached to an aromatic ring is 1.